The fraction of sp³-hybridized carbons (Fsp3) is 0. The highest BCUT2D eigenvalue weighted by Gasteiger charge is 2.01. The highest BCUT2D eigenvalue weighted by molar-refractivity contribution is 6.31. The maximum atomic E-state index is 5.89. The van der Waals surface area contributed by atoms with Crippen LogP contribution in [0.15, 0.2) is 48.7 Å². The summed E-state index contributed by atoms with van der Waals surface area (Å²) in [5.41, 5.74) is 0. The largest absolute Gasteiger partial charge is 0.438 e. The van der Waals surface area contributed by atoms with Crippen LogP contribution >= 0.6 is 11.6 Å². The maximum absolute atomic E-state index is 5.89. The molecule has 0 saturated heterocycles. The maximum Gasteiger partial charge on any atom is 0.238 e. The highest BCUT2D eigenvalue weighted by atomic mass is 35.5. The summed E-state index contributed by atoms with van der Waals surface area (Å²) in [5, 5.41) is 0.511. The van der Waals surface area contributed by atoms with E-state index in [2.05, 4.69) is 4.98 Å². The fourth-order valence-corrected chi connectivity index (χ4v) is 1.21. The number of pyridine rings is 1. The van der Waals surface area contributed by atoms with E-state index in [1.54, 1.807) is 18.3 Å². The van der Waals surface area contributed by atoms with Gasteiger partial charge in [-0.3, -0.25) is 0 Å². The lowest BCUT2D eigenvalue weighted by Gasteiger charge is -2.04. The number of benzene rings is 1. The zero-order chi connectivity index (χ0) is 9.80. The van der Waals surface area contributed by atoms with Crippen LogP contribution in [0.5, 0.6) is 11.6 Å². The molecule has 0 bridgehead atoms. The second kappa shape index (κ2) is 4.11. The van der Waals surface area contributed by atoms with Gasteiger partial charge in [0.15, 0.2) is 0 Å². The molecule has 0 aliphatic rings. The van der Waals surface area contributed by atoms with Crippen LogP contribution in [0.3, 0.4) is 0 Å². The third kappa shape index (κ3) is 2.03. The Morgan fingerprint density at radius 2 is 1.79 bits per heavy atom. The Morgan fingerprint density at radius 3 is 2.50 bits per heavy atom. The SMILES string of the molecule is Clc1cccnc1Oc1ccccc1. The lowest BCUT2D eigenvalue weighted by atomic mass is 10.3. The minimum absolute atomic E-state index is 0.431. The topological polar surface area (TPSA) is 22.1 Å². The van der Waals surface area contributed by atoms with Gasteiger partial charge in [-0.2, -0.15) is 0 Å². The van der Waals surface area contributed by atoms with Crippen molar-refractivity contribution in [3.05, 3.63) is 53.7 Å². The molecule has 2 nitrogen and oxygen atoms in total. The van der Waals surface area contributed by atoms with Crippen LogP contribution in [0, 0.1) is 0 Å². The van der Waals surface area contributed by atoms with Crippen LogP contribution in [-0.2, 0) is 0 Å². The molecule has 70 valence electrons. The van der Waals surface area contributed by atoms with E-state index in [4.69, 9.17) is 16.3 Å². The highest BCUT2D eigenvalue weighted by Crippen LogP contribution is 2.25. The summed E-state index contributed by atoms with van der Waals surface area (Å²) >= 11 is 5.89. The van der Waals surface area contributed by atoms with Crippen molar-refractivity contribution in [1.82, 2.24) is 4.98 Å². The van der Waals surface area contributed by atoms with Gasteiger partial charge in [0.05, 0.1) is 0 Å². The molecule has 1 aromatic heterocycles. The molecule has 1 aromatic carbocycles. The Balaban J connectivity index is 2.24. The number of hydrogen-bond acceptors (Lipinski definition) is 2. The van der Waals surface area contributed by atoms with Gasteiger partial charge in [0.25, 0.3) is 0 Å². The number of aromatic nitrogens is 1. The molecule has 0 N–H and O–H groups in total. The van der Waals surface area contributed by atoms with E-state index in [9.17, 15) is 0 Å². The standard InChI is InChI=1S/C11H8ClNO/c12-10-7-4-8-13-11(10)14-9-5-2-1-3-6-9/h1-8H. The van der Waals surface area contributed by atoms with Gasteiger partial charge in [0.2, 0.25) is 5.88 Å². The molecule has 1 heterocycles. The molecule has 0 aliphatic heterocycles. The molecule has 3 heteroatoms. The molecular formula is C11H8ClNO. The monoisotopic (exact) mass is 205 g/mol. The average molecular weight is 206 g/mol. The van der Waals surface area contributed by atoms with Crippen LogP contribution in [0.4, 0.5) is 0 Å². The van der Waals surface area contributed by atoms with E-state index >= 15 is 0 Å². The van der Waals surface area contributed by atoms with Crippen molar-refractivity contribution in [2.45, 2.75) is 0 Å². The van der Waals surface area contributed by atoms with Crippen LogP contribution in [0.1, 0.15) is 0 Å². The number of para-hydroxylation sites is 1. The zero-order valence-corrected chi connectivity index (χ0v) is 8.11. The molecule has 2 rings (SSSR count). The van der Waals surface area contributed by atoms with Gasteiger partial charge in [-0.25, -0.2) is 4.98 Å². The van der Waals surface area contributed by atoms with Crippen LogP contribution < -0.4 is 4.74 Å². The Morgan fingerprint density at radius 1 is 1.00 bits per heavy atom. The van der Waals surface area contributed by atoms with Gasteiger partial charge in [0, 0.05) is 6.20 Å². The smallest absolute Gasteiger partial charge is 0.238 e. The quantitative estimate of drug-likeness (QED) is 0.748. The molecular weight excluding hydrogens is 198 g/mol. The Bertz CT molecular complexity index is 417. The third-order valence-electron chi connectivity index (χ3n) is 1.68. The van der Waals surface area contributed by atoms with Crippen molar-refractivity contribution in [3.8, 4) is 11.6 Å². The summed E-state index contributed by atoms with van der Waals surface area (Å²) in [6.45, 7) is 0. The molecule has 0 aliphatic carbocycles. The number of rotatable bonds is 2. The Labute approximate surface area is 87.1 Å². The van der Waals surface area contributed by atoms with Crippen LogP contribution in [-0.4, -0.2) is 4.98 Å². The zero-order valence-electron chi connectivity index (χ0n) is 7.35. The normalized spacial score (nSPS) is 9.79. The van der Waals surface area contributed by atoms with E-state index in [1.807, 2.05) is 30.3 Å². The molecule has 14 heavy (non-hydrogen) atoms. The number of ether oxygens (including phenoxy) is 1. The predicted molar refractivity (Wildman–Crippen MR) is 55.8 cm³/mol. The van der Waals surface area contributed by atoms with Gasteiger partial charge in [-0.1, -0.05) is 29.8 Å². The predicted octanol–water partition coefficient (Wildman–Crippen LogP) is 3.53. The van der Waals surface area contributed by atoms with Gasteiger partial charge >= 0.3 is 0 Å². The first kappa shape index (κ1) is 9.03. The summed E-state index contributed by atoms with van der Waals surface area (Å²) in [6.07, 6.45) is 1.64. The summed E-state index contributed by atoms with van der Waals surface area (Å²) in [5.74, 6) is 1.16. The minimum Gasteiger partial charge on any atom is -0.438 e. The molecule has 0 atom stereocenters. The van der Waals surface area contributed by atoms with E-state index in [0.717, 1.165) is 5.75 Å². The van der Waals surface area contributed by atoms with Crippen molar-refractivity contribution in [3.63, 3.8) is 0 Å². The summed E-state index contributed by atoms with van der Waals surface area (Å²) < 4.78 is 5.47. The molecule has 0 radical (unpaired) electrons. The molecule has 0 saturated carbocycles. The molecule has 0 fully saturated rings. The molecule has 0 amide bonds. The van der Waals surface area contributed by atoms with Gasteiger partial charge in [0.1, 0.15) is 10.8 Å². The molecule has 0 spiro atoms. The molecule has 0 unspecified atom stereocenters. The number of hydrogen-bond donors (Lipinski definition) is 0. The Hall–Kier alpha value is -1.54. The van der Waals surface area contributed by atoms with Gasteiger partial charge in [-0.15, -0.1) is 0 Å². The van der Waals surface area contributed by atoms with Crippen molar-refractivity contribution < 1.29 is 4.74 Å². The fourth-order valence-electron chi connectivity index (χ4n) is 1.05. The number of nitrogens with zero attached hydrogens (tertiary/aromatic N) is 1. The van der Waals surface area contributed by atoms with Crippen molar-refractivity contribution in [1.29, 1.82) is 0 Å². The summed E-state index contributed by atoms with van der Waals surface area (Å²) in [6, 6.07) is 12.9. The minimum atomic E-state index is 0.431. The molecule has 2 aromatic rings. The van der Waals surface area contributed by atoms with Crippen LogP contribution in [0.25, 0.3) is 0 Å². The van der Waals surface area contributed by atoms with E-state index in [1.165, 1.54) is 0 Å². The lowest BCUT2D eigenvalue weighted by Crippen LogP contribution is -1.87. The van der Waals surface area contributed by atoms with Gasteiger partial charge in [-0.05, 0) is 24.3 Å². The second-order valence-electron chi connectivity index (χ2n) is 2.71. The van der Waals surface area contributed by atoms with Crippen LogP contribution in [0.2, 0.25) is 5.02 Å². The van der Waals surface area contributed by atoms with E-state index in [0.29, 0.717) is 10.9 Å². The Kier molecular flexibility index (Phi) is 2.65. The second-order valence-corrected chi connectivity index (χ2v) is 3.11. The van der Waals surface area contributed by atoms with Gasteiger partial charge < -0.3 is 4.74 Å². The first-order chi connectivity index (χ1) is 6.86. The van der Waals surface area contributed by atoms with E-state index in [-0.39, 0.29) is 0 Å². The summed E-state index contributed by atoms with van der Waals surface area (Å²) in [7, 11) is 0. The van der Waals surface area contributed by atoms with Crippen molar-refractivity contribution >= 4 is 11.6 Å². The summed E-state index contributed by atoms with van der Waals surface area (Å²) in [4.78, 5) is 4.02. The van der Waals surface area contributed by atoms with Crippen molar-refractivity contribution in [2.24, 2.45) is 0 Å². The van der Waals surface area contributed by atoms with E-state index < -0.39 is 0 Å². The third-order valence-corrected chi connectivity index (χ3v) is 1.97. The number of halogens is 1. The van der Waals surface area contributed by atoms with Crippen molar-refractivity contribution in [2.75, 3.05) is 0 Å². The first-order valence-corrected chi connectivity index (χ1v) is 4.57. The first-order valence-electron chi connectivity index (χ1n) is 4.20. The average Bonchev–Trinajstić information content (AvgIpc) is 2.23. The lowest BCUT2D eigenvalue weighted by molar-refractivity contribution is 0.463.